The second-order valence-corrected chi connectivity index (χ2v) is 38.4. The molecule has 8 aromatic rings. The van der Waals surface area contributed by atoms with Gasteiger partial charge in [-0.3, -0.25) is 33.9 Å². The fourth-order valence-corrected chi connectivity index (χ4v) is 21.3. The van der Waals surface area contributed by atoms with Crippen LogP contribution in [0.1, 0.15) is 199 Å². The SMILES string of the molecule is CCOC(=O)N1CCn2c(C#N)ccc2C12CCN(C(=O)c1ccc(OC(C)C)c(Cl)c1)CC2.CCOc1ncccc1C(=O)N1CCC2(CC1)c1ccc(C(F)(F)F)n1CCN2C.CCS(=O)(=O)c1ccc(C(=O)N2CCC3(CC2)NCCn2c(C(F)(F)F)ccc23)cc1C.COc1cc(C(=O)N2CCC3(CC2)c2ccc(C(F)(F)C(F)(F)F)n2CCN3C)ccc1OC(C)(C)C. The summed E-state index contributed by atoms with van der Waals surface area (Å²) in [7, 11) is 1.92. The minimum Gasteiger partial charge on any atom is -0.493 e. The molecule has 16 rings (SSSR count). The average Bonchev–Trinajstić information content (AvgIpc) is 1.52. The molecule has 0 bridgehead atoms. The number of aryl methyl sites for hydroxylation is 1. The van der Waals surface area contributed by atoms with Gasteiger partial charge in [-0.05, 0) is 242 Å². The van der Waals surface area contributed by atoms with Crippen LogP contribution in [0.25, 0.3) is 0 Å². The first-order valence-electron chi connectivity index (χ1n) is 44.5. The van der Waals surface area contributed by atoms with E-state index >= 15 is 0 Å². The summed E-state index contributed by atoms with van der Waals surface area (Å²) in [5, 5.41) is 13.3. The molecule has 0 aliphatic carbocycles. The van der Waals surface area contributed by atoms with Crippen molar-refractivity contribution < 1.29 is 104 Å². The number of sulfone groups is 1. The van der Waals surface area contributed by atoms with Gasteiger partial charge in [-0.25, -0.2) is 18.2 Å². The molecule has 1 N–H and O–H groups in total. The van der Waals surface area contributed by atoms with Crippen LogP contribution in [0, 0.1) is 18.3 Å². The minimum absolute atomic E-state index is 0.0138. The Kier molecular flexibility index (Phi) is 29.1. The number of benzene rings is 3. The lowest BCUT2D eigenvalue weighted by molar-refractivity contribution is -0.292. The van der Waals surface area contributed by atoms with E-state index in [4.69, 9.17) is 35.3 Å². The molecular weight excluding hydrogens is 1790 g/mol. The lowest BCUT2D eigenvalue weighted by atomic mass is 9.81. The van der Waals surface area contributed by atoms with Crippen LogP contribution in [-0.2, 0) is 81.2 Å². The first-order chi connectivity index (χ1) is 62.7. The number of fused-ring (bicyclic) bond motifs is 8. The van der Waals surface area contributed by atoms with Crippen LogP contribution in [0.5, 0.6) is 23.1 Å². The van der Waals surface area contributed by atoms with Crippen molar-refractivity contribution in [2.24, 2.45) is 0 Å². The topological polar surface area (TPSA) is 257 Å². The number of aromatic nitrogens is 5. The first-order valence-corrected chi connectivity index (χ1v) is 46.5. The van der Waals surface area contributed by atoms with E-state index in [0.29, 0.717) is 228 Å². The molecule has 0 unspecified atom stereocenters. The third-order valence-corrected chi connectivity index (χ3v) is 28.9. The Labute approximate surface area is 770 Å². The molecule has 26 nitrogen and oxygen atoms in total. The number of amides is 5. The number of methoxy groups -OCH3 is 1. The molecule has 720 valence electrons. The number of alkyl halides is 11. The summed E-state index contributed by atoms with van der Waals surface area (Å²) in [6, 6.07) is 31.7. The number of halogens is 12. The molecular formula is C94H112ClF11N14O12S. The first kappa shape index (κ1) is 99.6. The molecule has 0 saturated carbocycles. The zero-order chi connectivity index (χ0) is 96.7. The van der Waals surface area contributed by atoms with Gasteiger partial charge >= 0.3 is 30.5 Å². The number of hydrogen-bond donors (Lipinski definition) is 1. The predicted molar refractivity (Wildman–Crippen MR) is 472 cm³/mol. The molecule has 0 radical (unpaired) electrons. The predicted octanol–water partition coefficient (Wildman–Crippen LogP) is 16.5. The van der Waals surface area contributed by atoms with Crippen LogP contribution in [0.2, 0.25) is 5.02 Å². The maximum absolute atomic E-state index is 14.2. The van der Waals surface area contributed by atoms with E-state index in [-0.39, 0.29) is 66.2 Å². The second kappa shape index (κ2) is 38.8. The van der Waals surface area contributed by atoms with Crippen molar-refractivity contribution in [3.63, 3.8) is 0 Å². The van der Waals surface area contributed by atoms with Crippen molar-refractivity contribution in [1.29, 1.82) is 5.26 Å². The smallest absolute Gasteiger partial charge is 0.459 e. The highest BCUT2D eigenvalue weighted by molar-refractivity contribution is 7.91. The number of likely N-dealkylation sites (N-methyl/N-ethyl adjacent to an activating group) is 2. The summed E-state index contributed by atoms with van der Waals surface area (Å²) < 4.78 is 206. The maximum Gasteiger partial charge on any atom is 0.459 e. The van der Waals surface area contributed by atoms with Gasteiger partial charge in [-0.2, -0.15) is 53.6 Å². The summed E-state index contributed by atoms with van der Waals surface area (Å²) in [4.78, 5) is 82.7. The number of hydrogen-bond acceptors (Lipinski definition) is 17. The van der Waals surface area contributed by atoms with E-state index in [0.717, 1.165) is 22.4 Å². The van der Waals surface area contributed by atoms with E-state index in [1.54, 1.807) is 124 Å². The molecule has 5 aromatic heterocycles. The van der Waals surface area contributed by atoms with Gasteiger partial charge in [0.25, 0.3) is 23.6 Å². The van der Waals surface area contributed by atoms with Crippen LogP contribution < -0.4 is 24.3 Å². The zero-order valence-corrected chi connectivity index (χ0v) is 77.9. The molecule has 5 amide bonds. The van der Waals surface area contributed by atoms with Crippen molar-refractivity contribution in [1.82, 2.24) is 62.9 Å². The highest BCUT2D eigenvalue weighted by Gasteiger charge is 2.62. The number of likely N-dealkylation sites (tertiary alicyclic amines) is 4. The molecule has 8 aliphatic heterocycles. The number of piperidine rings is 4. The Morgan fingerprint density at radius 3 is 1.49 bits per heavy atom. The summed E-state index contributed by atoms with van der Waals surface area (Å²) in [5.74, 6) is -3.85. The summed E-state index contributed by atoms with van der Waals surface area (Å²) in [5.41, 5.74) is 0.328. The van der Waals surface area contributed by atoms with Crippen molar-refractivity contribution in [3.05, 3.63) is 200 Å². The third kappa shape index (κ3) is 19.9. The Bertz CT molecular complexity index is 5760. The molecule has 3 aromatic carbocycles. The molecule has 13 heterocycles. The number of carbonyl (C=O) groups is 5. The summed E-state index contributed by atoms with van der Waals surface area (Å²) >= 11 is 6.35. The van der Waals surface area contributed by atoms with E-state index in [2.05, 4.69) is 21.3 Å². The maximum atomic E-state index is 14.2. The van der Waals surface area contributed by atoms with Gasteiger partial charge in [-0.1, -0.05) is 18.5 Å². The van der Waals surface area contributed by atoms with Gasteiger partial charge in [0.1, 0.15) is 40.1 Å². The molecule has 4 fully saturated rings. The second-order valence-electron chi connectivity index (χ2n) is 35.7. The fourth-order valence-electron chi connectivity index (χ4n) is 19.9. The summed E-state index contributed by atoms with van der Waals surface area (Å²) in [6.45, 7) is 23.3. The molecule has 4 spiro atoms. The number of carbonyl (C=O) groups excluding carboxylic acids is 5. The Morgan fingerprint density at radius 1 is 0.534 bits per heavy atom. The van der Waals surface area contributed by atoms with Gasteiger partial charge < -0.3 is 66.9 Å². The van der Waals surface area contributed by atoms with E-state index in [1.165, 1.54) is 40.5 Å². The standard InChI is InChI=1S/C26H32F5N3O3.C25H29ClN4O4.C22H26F3N3O3S.C21H25F3N4O2/c1-23(2,3)37-18-7-6-17(16-19(18)36-5)22(35)33-12-10-24(11-13-33)20-8-9-21(25(27,28)26(29,30)31)34(20)15-14-32(24)4;1-4-33-24(32)30-14-13-29-19(16-27)6-8-22(29)25(30)9-11-28(12-10-25)23(31)18-5-7-21(20(26)15-18)34-17(2)3;1-3-32(30,31)17-5-4-16(14-15(17)2)20(29)27-11-8-21(9-12-27)18-6-7-19(22(23,24)25)28(18)13-10-26-21;1-3-30-18-15(5-4-10-25-18)19(29)27-11-8-20(9-12-27)16-6-7-17(21(22,23)24)28(16)14-13-26(20)2/h6-9,16H,10-15H2,1-5H3;5-8,15,17H,4,9-14H2,1-3H3;4-7,14,26H,3,8-13H2,1-2H3;4-7,10H,3,8-9,11-14H2,1-2H3. The van der Waals surface area contributed by atoms with Gasteiger partial charge in [0.05, 0.1) is 69.9 Å². The summed E-state index contributed by atoms with van der Waals surface area (Å²) in [6.07, 6.45) is -9.20. The Morgan fingerprint density at radius 2 is 1.00 bits per heavy atom. The van der Waals surface area contributed by atoms with Gasteiger partial charge in [0.15, 0.2) is 21.3 Å². The normalized spacial score (nSPS) is 18.2. The van der Waals surface area contributed by atoms with Crippen molar-refractivity contribution in [2.45, 2.75) is 203 Å². The number of nitrogens with zero attached hydrogens (tertiary/aromatic N) is 13. The monoisotopic (exact) mass is 1900 g/mol. The highest BCUT2D eigenvalue weighted by Crippen LogP contribution is 2.51. The van der Waals surface area contributed by atoms with E-state index in [1.807, 2.05) is 71.2 Å². The fraction of sp³-hybridized carbons (Fsp3) is 0.521. The number of nitriles is 1. The van der Waals surface area contributed by atoms with Gasteiger partial charge in [0.2, 0.25) is 5.88 Å². The quantitative estimate of drug-likeness (QED) is 0.0992. The van der Waals surface area contributed by atoms with Crippen LogP contribution in [-0.4, -0.2) is 232 Å². The molecule has 8 aliphatic rings. The van der Waals surface area contributed by atoms with Crippen LogP contribution in [0.4, 0.5) is 53.1 Å². The largest absolute Gasteiger partial charge is 0.493 e. The van der Waals surface area contributed by atoms with Gasteiger partial charge in [-0.15, -0.1) is 0 Å². The average molecular weight is 1910 g/mol. The lowest BCUT2D eigenvalue weighted by Crippen LogP contribution is -2.60. The number of rotatable bonds is 14. The van der Waals surface area contributed by atoms with Gasteiger partial charge in [0, 0.05) is 150 Å². The van der Waals surface area contributed by atoms with E-state index in [9.17, 15) is 85.9 Å². The van der Waals surface area contributed by atoms with Crippen LogP contribution >= 0.6 is 11.6 Å². The molecule has 133 heavy (non-hydrogen) atoms. The van der Waals surface area contributed by atoms with Crippen molar-refractivity contribution in [2.75, 3.05) is 119 Å². The Balaban J connectivity index is 0.000000151. The molecule has 39 heteroatoms. The van der Waals surface area contributed by atoms with Crippen molar-refractivity contribution >= 4 is 51.2 Å². The number of ether oxygens (including phenoxy) is 5. The third-order valence-electron chi connectivity index (χ3n) is 26.7. The Hall–Kier alpha value is -10.9. The van der Waals surface area contributed by atoms with Crippen LogP contribution in [0.3, 0.4) is 0 Å². The van der Waals surface area contributed by atoms with Crippen LogP contribution in [0.15, 0.2) is 126 Å². The van der Waals surface area contributed by atoms with E-state index < -0.39 is 79.1 Å². The van der Waals surface area contributed by atoms with Crippen molar-refractivity contribution in [3.8, 4) is 29.2 Å². The highest BCUT2D eigenvalue weighted by atomic mass is 35.5. The number of nitrogens with one attached hydrogen (secondary N) is 1. The number of pyridine rings is 1. The minimum atomic E-state index is -5.68. The lowest BCUT2D eigenvalue weighted by Gasteiger charge is -2.51. The zero-order valence-electron chi connectivity index (χ0n) is 76.4. The molecule has 0 atom stereocenters. The molecule has 4 saturated heterocycles.